The fourth-order valence-electron chi connectivity index (χ4n) is 4.56. The summed E-state index contributed by atoms with van der Waals surface area (Å²) < 4.78 is 32.4. The Balaban J connectivity index is 4.47. The number of unbranched alkanes of at least 4 members (excludes halogenated alkanes) is 9. The highest BCUT2D eigenvalue weighted by molar-refractivity contribution is 7.47. The molecule has 0 aliphatic rings. The summed E-state index contributed by atoms with van der Waals surface area (Å²) in [5.74, 6) is -0.302. The predicted octanol–water partition coefficient (Wildman–Crippen LogP) is 7.82. The first kappa shape index (κ1) is 47.9. The van der Waals surface area contributed by atoms with Crippen LogP contribution in [0.5, 0.6) is 0 Å². The van der Waals surface area contributed by atoms with Crippen molar-refractivity contribution in [2.45, 2.75) is 142 Å². The summed E-state index contributed by atoms with van der Waals surface area (Å²) in [4.78, 5) is 34.7. The van der Waals surface area contributed by atoms with Crippen LogP contribution >= 0.6 is 7.82 Å². The number of ether oxygens (including phenoxy) is 2. The maximum atomic E-state index is 12.5. The number of phosphoric ester groups is 1. The molecule has 0 aliphatic carbocycles. The van der Waals surface area contributed by atoms with Crippen LogP contribution in [0.25, 0.3) is 0 Å². The van der Waals surface area contributed by atoms with E-state index in [0.717, 1.165) is 64.2 Å². The zero-order chi connectivity index (χ0) is 37.1. The zero-order valence-electron chi connectivity index (χ0n) is 30.7. The van der Waals surface area contributed by atoms with Gasteiger partial charge in [0.05, 0.1) is 19.8 Å². The molecular formula is C38H67O11P. The molecule has 0 saturated carbocycles. The maximum Gasteiger partial charge on any atom is 0.472 e. The summed E-state index contributed by atoms with van der Waals surface area (Å²) in [7, 11) is -4.63. The second-order valence-corrected chi connectivity index (χ2v) is 14.3. The van der Waals surface area contributed by atoms with Gasteiger partial charge in [0, 0.05) is 19.4 Å². The molecule has 0 aliphatic heterocycles. The molecule has 12 heteroatoms. The standard InChI is InChI=1S/C38H67O11P/c1-34(2)26-22-18-15-16-19-23-27-37(42)46-32-36(33-48-50(44,45)47-31-35(41)30-40)49-38(43)28-24-20-14-12-10-8-6-4-3-5-7-9-11-13-17-21-25-29-39/h3,5-6,8-9,11-12,14,34-36,39-41H,4,7,10,13,15-33H2,1-2H3,(H,44,45)/b5-3-,8-6-,11-9-,14-12-/t35-,36+/m0/s1. The van der Waals surface area contributed by atoms with Crippen LogP contribution in [0.4, 0.5) is 0 Å². The third kappa shape index (κ3) is 34.3. The molecule has 1 unspecified atom stereocenters. The topological polar surface area (TPSA) is 169 Å². The molecule has 0 spiro atoms. The SMILES string of the molecule is CC(C)CCCCCCCCC(=O)OC[C@H](COP(=O)(O)OC[C@@H](O)CO)OC(=O)CCC/C=C\C/C=C\C/C=C\C/C=C\CCCCCO. The Hall–Kier alpha value is -2.11. The number of esters is 2. The fraction of sp³-hybridized carbons (Fsp3) is 0.737. The number of allylic oxidation sites excluding steroid dienone is 8. The van der Waals surface area contributed by atoms with E-state index in [1.165, 1.54) is 19.3 Å². The van der Waals surface area contributed by atoms with Crippen molar-refractivity contribution in [2.24, 2.45) is 5.92 Å². The maximum absolute atomic E-state index is 12.5. The number of rotatable bonds is 34. The van der Waals surface area contributed by atoms with Crippen molar-refractivity contribution in [3.05, 3.63) is 48.6 Å². The molecule has 3 atom stereocenters. The lowest BCUT2D eigenvalue weighted by atomic mass is 10.0. The van der Waals surface area contributed by atoms with Gasteiger partial charge in [0.15, 0.2) is 6.10 Å². The minimum absolute atomic E-state index is 0.0969. The Bertz CT molecular complexity index is 993. The van der Waals surface area contributed by atoms with Crippen molar-refractivity contribution in [3.63, 3.8) is 0 Å². The minimum Gasteiger partial charge on any atom is -0.462 e. The summed E-state index contributed by atoms with van der Waals surface area (Å²) in [6, 6.07) is 0. The highest BCUT2D eigenvalue weighted by atomic mass is 31.2. The van der Waals surface area contributed by atoms with Crippen molar-refractivity contribution < 1.29 is 52.9 Å². The first-order chi connectivity index (χ1) is 24.1. The van der Waals surface area contributed by atoms with Crippen molar-refractivity contribution >= 4 is 19.8 Å². The van der Waals surface area contributed by atoms with Gasteiger partial charge in [-0.05, 0) is 63.7 Å². The predicted molar refractivity (Wildman–Crippen MR) is 197 cm³/mol. The summed E-state index contributed by atoms with van der Waals surface area (Å²) in [5.41, 5.74) is 0. The van der Waals surface area contributed by atoms with Gasteiger partial charge in [-0.3, -0.25) is 18.6 Å². The van der Waals surface area contributed by atoms with Gasteiger partial charge < -0.3 is 29.7 Å². The molecule has 0 fully saturated rings. The summed E-state index contributed by atoms with van der Waals surface area (Å²) >= 11 is 0. The van der Waals surface area contributed by atoms with Crippen molar-refractivity contribution in [3.8, 4) is 0 Å². The second kappa shape index (κ2) is 34.0. The van der Waals surface area contributed by atoms with Gasteiger partial charge in [-0.2, -0.15) is 0 Å². The van der Waals surface area contributed by atoms with E-state index in [9.17, 15) is 24.2 Å². The highest BCUT2D eigenvalue weighted by Crippen LogP contribution is 2.43. The fourth-order valence-corrected chi connectivity index (χ4v) is 5.35. The minimum atomic E-state index is -4.63. The van der Waals surface area contributed by atoms with Crippen LogP contribution in [0.3, 0.4) is 0 Å². The number of carbonyl (C=O) groups excluding carboxylic acids is 2. The Kier molecular flexibility index (Phi) is 32.6. The van der Waals surface area contributed by atoms with Gasteiger partial charge in [0.2, 0.25) is 0 Å². The molecular weight excluding hydrogens is 663 g/mol. The summed E-state index contributed by atoms with van der Waals surface area (Å²) in [5, 5.41) is 27.0. The molecule has 0 aromatic rings. The molecule has 0 aromatic heterocycles. The number of aliphatic hydroxyl groups excluding tert-OH is 3. The Morgan fingerprint density at radius 2 is 1.16 bits per heavy atom. The lowest BCUT2D eigenvalue weighted by Gasteiger charge is -2.20. The number of aliphatic hydroxyl groups is 3. The normalized spacial score (nSPS) is 14.7. The smallest absolute Gasteiger partial charge is 0.462 e. The number of hydrogen-bond donors (Lipinski definition) is 4. The van der Waals surface area contributed by atoms with Crippen molar-refractivity contribution in [1.82, 2.24) is 0 Å². The first-order valence-corrected chi connectivity index (χ1v) is 20.1. The van der Waals surface area contributed by atoms with E-state index < -0.39 is 51.8 Å². The van der Waals surface area contributed by atoms with Gasteiger partial charge in [-0.15, -0.1) is 0 Å². The second-order valence-electron chi connectivity index (χ2n) is 12.8. The number of carbonyl (C=O) groups is 2. The summed E-state index contributed by atoms with van der Waals surface area (Å²) in [6.45, 7) is 2.50. The van der Waals surface area contributed by atoms with Crippen molar-refractivity contribution in [2.75, 3.05) is 33.0 Å². The molecule has 50 heavy (non-hydrogen) atoms. The van der Waals surface area contributed by atoms with Crippen molar-refractivity contribution in [1.29, 1.82) is 0 Å². The first-order valence-electron chi connectivity index (χ1n) is 18.6. The molecule has 0 radical (unpaired) electrons. The van der Waals surface area contributed by atoms with Gasteiger partial charge in [0.1, 0.15) is 12.7 Å². The van der Waals surface area contributed by atoms with E-state index in [-0.39, 0.29) is 26.1 Å². The average Bonchev–Trinajstić information content (AvgIpc) is 3.08. The lowest BCUT2D eigenvalue weighted by molar-refractivity contribution is -0.161. The van der Waals surface area contributed by atoms with Gasteiger partial charge >= 0.3 is 19.8 Å². The Labute approximate surface area is 301 Å². The molecule has 0 aromatic carbocycles. The quantitative estimate of drug-likeness (QED) is 0.0220. The van der Waals surface area contributed by atoms with E-state index in [4.69, 9.17) is 24.2 Å². The molecule has 11 nitrogen and oxygen atoms in total. The third-order valence-electron chi connectivity index (χ3n) is 7.47. The Morgan fingerprint density at radius 1 is 0.640 bits per heavy atom. The molecule has 0 rings (SSSR count). The molecule has 0 amide bonds. The zero-order valence-corrected chi connectivity index (χ0v) is 31.6. The molecule has 290 valence electrons. The van der Waals surface area contributed by atoms with E-state index in [0.29, 0.717) is 25.2 Å². The number of hydrogen-bond acceptors (Lipinski definition) is 10. The van der Waals surface area contributed by atoms with Crippen LogP contribution in [-0.4, -0.2) is 77.4 Å². The van der Waals surface area contributed by atoms with E-state index >= 15 is 0 Å². The lowest BCUT2D eigenvalue weighted by Crippen LogP contribution is -2.29. The number of phosphoric acid groups is 1. The molecule has 0 bridgehead atoms. The summed E-state index contributed by atoms with van der Waals surface area (Å²) in [6.07, 6.45) is 29.9. The Morgan fingerprint density at radius 3 is 1.76 bits per heavy atom. The van der Waals surface area contributed by atoms with Gasteiger partial charge in [0.25, 0.3) is 0 Å². The van der Waals surface area contributed by atoms with Crippen LogP contribution in [0, 0.1) is 5.92 Å². The van der Waals surface area contributed by atoms with Crippen LogP contribution in [0.1, 0.15) is 129 Å². The van der Waals surface area contributed by atoms with E-state index in [1.807, 2.05) is 12.2 Å². The van der Waals surface area contributed by atoms with Gasteiger partial charge in [-0.25, -0.2) is 4.57 Å². The monoisotopic (exact) mass is 730 g/mol. The van der Waals surface area contributed by atoms with Gasteiger partial charge in [-0.1, -0.05) is 107 Å². The van der Waals surface area contributed by atoms with E-state index in [1.54, 1.807) is 0 Å². The van der Waals surface area contributed by atoms with Crippen LogP contribution in [-0.2, 0) is 32.7 Å². The largest absolute Gasteiger partial charge is 0.472 e. The third-order valence-corrected chi connectivity index (χ3v) is 8.42. The molecule has 0 saturated heterocycles. The molecule has 4 N–H and O–H groups in total. The molecule has 0 heterocycles. The average molecular weight is 731 g/mol. The van der Waals surface area contributed by atoms with Crippen LogP contribution in [0.15, 0.2) is 48.6 Å². The van der Waals surface area contributed by atoms with Crippen LogP contribution in [0.2, 0.25) is 0 Å². The van der Waals surface area contributed by atoms with Crippen LogP contribution < -0.4 is 0 Å². The highest BCUT2D eigenvalue weighted by Gasteiger charge is 2.27. The van der Waals surface area contributed by atoms with E-state index in [2.05, 4.69) is 54.8 Å².